The number of hydrogen-bond donors (Lipinski definition) is 0. The molecule has 0 fully saturated rings. The van der Waals surface area contributed by atoms with E-state index in [1.807, 2.05) is 50.3 Å². The molecule has 0 N–H and O–H groups in total. The lowest BCUT2D eigenvalue weighted by Gasteiger charge is -2.28. The molecule has 0 bridgehead atoms. The lowest BCUT2D eigenvalue weighted by Crippen LogP contribution is -2.46. The molecular weight excluding hydrogens is 254 g/mol. The van der Waals surface area contributed by atoms with Gasteiger partial charge >= 0.3 is 5.97 Å². The van der Waals surface area contributed by atoms with E-state index in [0.29, 0.717) is 12.1 Å². The summed E-state index contributed by atoms with van der Waals surface area (Å²) in [6.07, 6.45) is 1.87. The second-order valence-corrected chi connectivity index (χ2v) is 5.15. The average molecular weight is 273 g/mol. The van der Waals surface area contributed by atoms with Crippen LogP contribution in [0.15, 0.2) is 36.4 Å². The van der Waals surface area contributed by atoms with Gasteiger partial charge in [-0.2, -0.15) is 0 Å². The fraction of sp³-hybridized carbons (Fsp3) is 0.375. The highest BCUT2D eigenvalue weighted by Crippen LogP contribution is 2.26. The summed E-state index contributed by atoms with van der Waals surface area (Å²) in [4.78, 5) is 26.0. The highest BCUT2D eigenvalue weighted by atomic mass is 16.5. The van der Waals surface area contributed by atoms with Crippen LogP contribution >= 0.6 is 0 Å². The minimum Gasteiger partial charge on any atom is -0.467 e. The molecule has 20 heavy (non-hydrogen) atoms. The van der Waals surface area contributed by atoms with Crippen molar-refractivity contribution >= 4 is 17.4 Å². The zero-order chi connectivity index (χ0) is 14.7. The molecule has 4 nitrogen and oxygen atoms in total. The second-order valence-electron chi connectivity index (χ2n) is 5.15. The highest BCUT2D eigenvalue weighted by Gasteiger charge is 2.37. The van der Waals surface area contributed by atoms with Gasteiger partial charge in [0.1, 0.15) is 6.04 Å². The molecule has 1 heterocycles. The topological polar surface area (TPSA) is 46.6 Å². The van der Waals surface area contributed by atoms with E-state index < -0.39 is 6.04 Å². The number of ether oxygens (including phenoxy) is 1. The maximum Gasteiger partial charge on any atom is 0.328 e. The first kappa shape index (κ1) is 14.3. The summed E-state index contributed by atoms with van der Waals surface area (Å²) in [6, 6.07) is 8.96. The number of hydrogen-bond acceptors (Lipinski definition) is 3. The minimum atomic E-state index is -0.537. The SMILES string of the molecule is COC(=O)C(C(C)C)N1CC=C(c2ccccc2)C1=O. The number of amides is 1. The van der Waals surface area contributed by atoms with Crippen LogP contribution in [0.3, 0.4) is 0 Å². The zero-order valence-corrected chi connectivity index (χ0v) is 12.0. The highest BCUT2D eigenvalue weighted by molar-refractivity contribution is 6.22. The summed E-state index contributed by atoms with van der Waals surface area (Å²) in [7, 11) is 1.35. The summed E-state index contributed by atoms with van der Waals surface area (Å²) < 4.78 is 4.82. The standard InChI is InChI=1S/C16H19NO3/c1-11(2)14(16(19)20-3)17-10-9-13(15(17)18)12-7-5-4-6-8-12/h4-9,11,14H,10H2,1-3H3. The molecule has 0 radical (unpaired) electrons. The van der Waals surface area contributed by atoms with Crippen LogP contribution in [0.2, 0.25) is 0 Å². The molecular formula is C16H19NO3. The smallest absolute Gasteiger partial charge is 0.328 e. The van der Waals surface area contributed by atoms with Gasteiger partial charge in [-0.3, -0.25) is 4.79 Å². The van der Waals surface area contributed by atoms with Gasteiger partial charge in [0.15, 0.2) is 0 Å². The Bertz CT molecular complexity index is 534. The van der Waals surface area contributed by atoms with Gasteiger partial charge in [0.05, 0.1) is 7.11 Å². The van der Waals surface area contributed by atoms with Gasteiger partial charge in [0, 0.05) is 12.1 Å². The third kappa shape index (κ3) is 2.59. The molecule has 0 aliphatic carbocycles. The Balaban J connectivity index is 2.23. The van der Waals surface area contributed by atoms with Crippen molar-refractivity contribution in [2.75, 3.05) is 13.7 Å². The minimum absolute atomic E-state index is 0.00919. The fourth-order valence-corrected chi connectivity index (χ4v) is 2.49. The molecule has 1 unspecified atom stereocenters. The molecule has 0 saturated heterocycles. The molecule has 1 aliphatic rings. The first-order chi connectivity index (χ1) is 9.56. The Hall–Kier alpha value is -2.10. The largest absolute Gasteiger partial charge is 0.467 e. The molecule has 1 aromatic rings. The van der Waals surface area contributed by atoms with Crippen LogP contribution in [0.1, 0.15) is 19.4 Å². The Morgan fingerprint density at radius 1 is 1.25 bits per heavy atom. The molecule has 0 spiro atoms. The van der Waals surface area contributed by atoms with Crippen molar-refractivity contribution in [3.05, 3.63) is 42.0 Å². The number of methoxy groups -OCH3 is 1. The summed E-state index contributed by atoms with van der Waals surface area (Å²) in [6.45, 7) is 4.27. The van der Waals surface area contributed by atoms with Gasteiger partial charge in [0.2, 0.25) is 0 Å². The van der Waals surface area contributed by atoms with Gasteiger partial charge in [0.25, 0.3) is 5.91 Å². The second kappa shape index (κ2) is 5.90. The van der Waals surface area contributed by atoms with Gasteiger partial charge < -0.3 is 9.64 Å². The molecule has 0 saturated carbocycles. The fourth-order valence-electron chi connectivity index (χ4n) is 2.49. The van der Waals surface area contributed by atoms with Crippen LogP contribution in [0.25, 0.3) is 5.57 Å². The third-order valence-corrected chi connectivity index (χ3v) is 3.48. The first-order valence-electron chi connectivity index (χ1n) is 6.70. The van der Waals surface area contributed by atoms with Crippen molar-refractivity contribution in [3.8, 4) is 0 Å². The molecule has 1 amide bonds. The van der Waals surface area contributed by atoms with Crippen molar-refractivity contribution in [2.45, 2.75) is 19.9 Å². The zero-order valence-electron chi connectivity index (χ0n) is 12.0. The van der Waals surface area contributed by atoms with Crippen molar-refractivity contribution < 1.29 is 14.3 Å². The van der Waals surface area contributed by atoms with Crippen LogP contribution in [0.5, 0.6) is 0 Å². The normalized spacial score (nSPS) is 16.3. The van der Waals surface area contributed by atoms with Crippen LogP contribution in [0.4, 0.5) is 0 Å². The van der Waals surface area contributed by atoms with Crippen LogP contribution < -0.4 is 0 Å². The van der Waals surface area contributed by atoms with Crippen LogP contribution in [-0.2, 0) is 14.3 Å². The predicted octanol–water partition coefficient (Wildman–Crippen LogP) is 2.11. The Morgan fingerprint density at radius 2 is 1.90 bits per heavy atom. The molecule has 0 aromatic heterocycles. The first-order valence-corrected chi connectivity index (χ1v) is 6.70. The van der Waals surface area contributed by atoms with E-state index >= 15 is 0 Å². The van der Waals surface area contributed by atoms with Gasteiger partial charge in [-0.25, -0.2) is 4.79 Å². The van der Waals surface area contributed by atoms with Gasteiger partial charge in [-0.1, -0.05) is 50.3 Å². The molecule has 106 valence electrons. The number of esters is 1. The predicted molar refractivity (Wildman–Crippen MR) is 76.8 cm³/mol. The van der Waals surface area contributed by atoms with Crippen molar-refractivity contribution in [3.63, 3.8) is 0 Å². The lowest BCUT2D eigenvalue weighted by atomic mass is 10.0. The van der Waals surface area contributed by atoms with Crippen LogP contribution in [-0.4, -0.2) is 36.5 Å². The molecule has 1 aromatic carbocycles. The molecule has 1 atom stereocenters. The Kier molecular flexibility index (Phi) is 4.23. The summed E-state index contributed by atoms with van der Waals surface area (Å²) in [5, 5.41) is 0. The van der Waals surface area contributed by atoms with Crippen molar-refractivity contribution in [2.24, 2.45) is 5.92 Å². The summed E-state index contributed by atoms with van der Waals surface area (Å²) in [5.74, 6) is -0.466. The number of nitrogens with zero attached hydrogens (tertiary/aromatic N) is 1. The third-order valence-electron chi connectivity index (χ3n) is 3.48. The average Bonchev–Trinajstić information content (AvgIpc) is 2.81. The molecule has 4 heteroatoms. The van der Waals surface area contributed by atoms with E-state index in [4.69, 9.17) is 4.74 Å². The van der Waals surface area contributed by atoms with Crippen molar-refractivity contribution in [1.82, 2.24) is 4.90 Å². The molecule has 1 aliphatic heterocycles. The number of benzene rings is 1. The summed E-state index contributed by atoms with van der Waals surface area (Å²) in [5.41, 5.74) is 1.53. The maximum absolute atomic E-state index is 12.5. The van der Waals surface area contributed by atoms with E-state index in [1.54, 1.807) is 4.90 Å². The lowest BCUT2D eigenvalue weighted by molar-refractivity contribution is -0.152. The van der Waals surface area contributed by atoms with Gasteiger partial charge in [-0.05, 0) is 11.5 Å². The Morgan fingerprint density at radius 3 is 2.45 bits per heavy atom. The van der Waals surface area contributed by atoms with Gasteiger partial charge in [-0.15, -0.1) is 0 Å². The molecule has 2 rings (SSSR count). The van der Waals surface area contributed by atoms with E-state index in [9.17, 15) is 9.59 Å². The summed E-state index contributed by atoms with van der Waals surface area (Å²) >= 11 is 0. The number of rotatable bonds is 4. The maximum atomic E-state index is 12.5. The van der Waals surface area contributed by atoms with E-state index in [0.717, 1.165) is 5.56 Å². The monoisotopic (exact) mass is 273 g/mol. The van der Waals surface area contributed by atoms with E-state index in [-0.39, 0.29) is 17.8 Å². The van der Waals surface area contributed by atoms with Crippen LogP contribution in [0, 0.1) is 5.92 Å². The quantitative estimate of drug-likeness (QED) is 0.789. The van der Waals surface area contributed by atoms with E-state index in [2.05, 4.69) is 0 Å². The van der Waals surface area contributed by atoms with E-state index in [1.165, 1.54) is 7.11 Å². The Labute approximate surface area is 119 Å². The number of carbonyl (C=O) groups excluding carboxylic acids is 2. The number of carbonyl (C=O) groups is 2. The van der Waals surface area contributed by atoms with Crippen molar-refractivity contribution in [1.29, 1.82) is 0 Å².